The third kappa shape index (κ3) is 4.03. The Labute approximate surface area is 186 Å². The lowest BCUT2D eigenvalue weighted by atomic mass is 10.0. The first kappa shape index (κ1) is 22.4. The van der Waals surface area contributed by atoms with Crippen LogP contribution in [0.2, 0.25) is 0 Å². The number of carboxylic acid groups (broad SMARTS) is 1. The highest BCUT2D eigenvalue weighted by molar-refractivity contribution is 6.00. The van der Waals surface area contributed by atoms with Crippen LogP contribution in [0.25, 0.3) is 16.9 Å². The Balaban J connectivity index is 1.81. The van der Waals surface area contributed by atoms with Gasteiger partial charge in [0.2, 0.25) is 0 Å². The Bertz CT molecular complexity index is 1220. The number of ether oxygens (including phenoxy) is 1. The Hall–Kier alpha value is -3.83. The van der Waals surface area contributed by atoms with Gasteiger partial charge >= 0.3 is 12.3 Å². The van der Waals surface area contributed by atoms with Crippen LogP contribution in [0, 0.1) is 6.92 Å². The molecule has 3 aromatic rings. The quantitative estimate of drug-likeness (QED) is 0.641. The van der Waals surface area contributed by atoms with Gasteiger partial charge < -0.3 is 19.6 Å². The van der Waals surface area contributed by atoms with Crippen LogP contribution in [0.1, 0.15) is 21.6 Å². The summed E-state index contributed by atoms with van der Waals surface area (Å²) in [4.78, 5) is 31.2. The van der Waals surface area contributed by atoms with Crippen molar-refractivity contribution < 1.29 is 32.6 Å². The fourth-order valence-corrected chi connectivity index (χ4v) is 3.86. The number of alkyl halides is 3. The Morgan fingerprint density at radius 3 is 2.21 bits per heavy atom. The number of halogens is 3. The van der Waals surface area contributed by atoms with E-state index in [1.807, 2.05) is 0 Å². The lowest BCUT2D eigenvalue weighted by Crippen LogP contribution is -2.50. The van der Waals surface area contributed by atoms with Crippen molar-refractivity contribution in [3.05, 3.63) is 47.3 Å². The molecule has 174 valence electrons. The summed E-state index contributed by atoms with van der Waals surface area (Å²) in [5.74, 6) is -0.0190. The molecule has 2 aromatic heterocycles. The smallest absolute Gasteiger partial charge is 0.433 e. The van der Waals surface area contributed by atoms with Crippen LogP contribution in [0.4, 0.5) is 18.0 Å². The number of piperazine rings is 1. The predicted molar refractivity (Wildman–Crippen MR) is 110 cm³/mol. The number of carbonyl (C=O) groups is 2. The van der Waals surface area contributed by atoms with Crippen molar-refractivity contribution in [2.45, 2.75) is 13.1 Å². The number of fused-ring (bicyclic) bond motifs is 1. The maximum atomic E-state index is 14.0. The summed E-state index contributed by atoms with van der Waals surface area (Å²) in [6, 6.07) is 6.40. The van der Waals surface area contributed by atoms with Gasteiger partial charge in [-0.2, -0.15) is 18.3 Å². The van der Waals surface area contributed by atoms with Gasteiger partial charge in [0.05, 0.1) is 19.0 Å². The van der Waals surface area contributed by atoms with E-state index in [0.29, 0.717) is 15.8 Å². The molecule has 1 N–H and O–H groups in total. The first-order chi connectivity index (χ1) is 15.6. The van der Waals surface area contributed by atoms with Crippen LogP contribution in [-0.2, 0) is 6.18 Å². The number of hydrogen-bond donors (Lipinski definition) is 1. The van der Waals surface area contributed by atoms with E-state index < -0.39 is 23.9 Å². The summed E-state index contributed by atoms with van der Waals surface area (Å²) in [6.07, 6.45) is -4.76. The van der Waals surface area contributed by atoms with Crippen LogP contribution in [-0.4, -0.2) is 74.8 Å². The Kier molecular flexibility index (Phi) is 5.60. The molecule has 0 saturated carbocycles. The molecular weight excluding hydrogens is 443 g/mol. The van der Waals surface area contributed by atoms with Crippen molar-refractivity contribution in [3.63, 3.8) is 0 Å². The molecule has 3 heterocycles. The second kappa shape index (κ2) is 8.26. The second-order valence-corrected chi connectivity index (χ2v) is 7.52. The molecule has 33 heavy (non-hydrogen) atoms. The van der Waals surface area contributed by atoms with Crippen molar-refractivity contribution in [1.29, 1.82) is 0 Å². The van der Waals surface area contributed by atoms with E-state index in [9.17, 15) is 22.8 Å². The van der Waals surface area contributed by atoms with Crippen LogP contribution in [0.5, 0.6) is 5.75 Å². The highest BCUT2D eigenvalue weighted by Crippen LogP contribution is 2.36. The number of methoxy groups -OCH3 is 1. The van der Waals surface area contributed by atoms with Gasteiger partial charge in [-0.15, -0.1) is 0 Å². The molecule has 1 aliphatic rings. The average molecular weight is 463 g/mol. The van der Waals surface area contributed by atoms with E-state index in [4.69, 9.17) is 9.84 Å². The Morgan fingerprint density at radius 2 is 1.67 bits per heavy atom. The second-order valence-electron chi connectivity index (χ2n) is 7.52. The number of hydrogen-bond acceptors (Lipinski definition) is 5. The van der Waals surface area contributed by atoms with E-state index in [0.717, 1.165) is 6.20 Å². The Morgan fingerprint density at radius 1 is 1.06 bits per heavy atom. The normalized spacial score (nSPS) is 14.6. The van der Waals surface area contributed by atoms with E-state index in [1.165, 1.54) is 23.8 Å². The minimum Gasteiger partial charge on any atom is -0.497 e. The standard InChI is InChI=1S/C21H20F3N5O4/c1-12-16(13-3-5-14(33-2)6-4-13)26-18-15(11-25-29(18)17(12)21(22,23)24)19(30)27-7-9-28(10-8-27)20(31)32/h3-6,11H,7-10H2,1-2H3,(H,31,32). The van der Waals surface area contributed by atoms with Crippen molar-refractivity contribution in [2.24, 2.45) is 0 Å². The number of aromatic nitrogens is 3. The molecule has 9 nitrogen and oxygen atoms in total. The van der Waals surface area contributed by atoms with Crippen molar-refractivity contribution >= 4 is 17.6 Å². The molecule has 1 aromatic carbocycles. The molecule has 0 bridgehead atoms. The van der Waals surface area contributed by atoms with Crippen molar-refractivity contribution in [1.82, 2.24) is 24.4 Å². The molecule has 0 radical (unpaired) electrons. The van der Waals surface area contributed by atoms with Crippen LogP contribution < -0.4 is 4.74 Å². The highest BCUT2D eigenvalue weighted by atomic mass is 19.4. The number of nitrogens with zero attached hydrogens (tertiary/aromatic N) is 5. The average Bonchev–Trinajstić information content (AvgIpc) is 3.20. The van der Waals surface area contributed by atoms with Crippen molar-refractivity contribution in [3.8, 4) is 17.0 Å². The number of carbonyl (C=O) groups excluding carboxylic acids is 1. The summed E-state index contributed by atoms with van der Waals surface area (Å²) in [7, 11) is 1.48. The molecule has 12 heteroatoms. The fraction of sp³-hybridized carbons (Fsp3) is 0.333. The monoisotopic (exact) mass is 463 g/mol. The van der Waals surface area contributed by atoms with Gasteiger partial charge in [-0.25, -0.2) is 14.3 Å². The minimum absolute atomic E-state index is 0.0720. The van der Waals surface area contributed by atoms with E-state index >= 15 is 0 Å². The molecule has 4 rings (SSSR count). The lowest BCUT2D eigenvalue weighted by Gasteiger charge is -2.32. The van der Waals surface area contributed by atoms with Gasteiger partial charge in [-0.1, -0.05) is 0 Å². The van der Waals surface area contributed by atoms with Crippen LogP contribution in [0.15, 0.2) is 30.5 Å². The molecule has 1 fully saturated rings. The molecule has 1 saturated heterocycles. The molecule has 0 atom stereocenters. The fourth-order valence-electron chi connectivity index (χ4n) is 3.86. The zero-order valence-electron chi connectivity index (χ0n) is 17.8. The summed E-state index contributed by atoms with van der Waals surface area (Å²) in [6.45, 7) is 1.76. The third-order valence-electron chi connectivity index (χ3n) is 5.58. The van der Waals surface area contributed by atoms with Crippen LogP contribution >= 0.6 is 0 Å². The lowest BCUT2D eigenvalue weighted by molar-refractivity contribution is -0.143. The number of amides is 2. The SMILES string of the molecule is COc1ccc(-c2nc3c(C(=O)N4CCN(C(=O)O)CC4)cnn3c(C(F)(F)F)c2C)cc1. The van der Waals surface area contributed by atoms with E-state index in [1.54, 1.807) is 24.3 Å². The largest absolute Gasteiger partial charge is 0.497 e. The molecular formula is C21H20F3N5O4. The number of benzene rings is 1. The molecule has 0 unspecified atom stereocenters. The molecule has 0 aliphatic carbocycles. The van der Waals surface area contributed by atoms with Gasteiger partial charge in [0.25, 0.3) is 5.91 Å². The summed E-state index contributed by atoms with van der Waals surface area (Å²) >= 11 is 0. The van der Waals surface area contributed by atoms with Gasteiger partial charge in [0.1, 0.15) is 11.3 Å². The summed E-state index contributed by atoms with van der Waals surface area (Å²) in [5, 5.41) is 12.9. The first-order valence-corrected chi connectivity index (χ1v) is 9.99. The molecule has 2 amide bonds. The first-order valence-electron chi connectivity index (χ1n) is 9.99. The van der Waals surface area contributed by atoms with Gasteiger partial charge in [-0.3, -0.25) is 4.79 Å². The van der Waals surface area contributed by atoms with Gasteiger partial charge in [0, 0.05) is 37.3 Å². The zero-order chi connectivity index (χ0) is 23.9. The maximum Gasteiger partial charge on any atom is 0.433 e. The highest BCUT2D eigenvalue weighted by Gasteiger charge is 2.39. The zero-order valence-corrected chi connectivity index (χ0v) is 17.8. The topological polar surface area (TPSA) is 100 Å². The van der Waals surface area contributed by atoms with Gasteiger partial charge in [-0.05, 0) is 31.2 Å². The predicted octanol–water partition coefficient (Wildman–Crippen LogP) is 3.17. The third-order valence-corrected chi connectivity index (χ3v) is 5.58. The summed E-state index contributed by atoms with van der Waals surface area (Å²) in [5.41, 5.74) is -0.951. The van der Waals surface area contributed by atoms with E-state index in [2.05, 4.69) is 10.1 Å². The van der Waals surface area contributed by atoms with Crippen LogP contribution in [0.3, 0.4) is 0 Å². The molecule has 1 aliphatic heterocycles. The molecule has 0 spiro atoms. The summed E-state index contributed by atoms with van der Waals surface area (Å²) < 4.78 is 47.8. The van der Waals surface area contributed by atoms with Gasteiger partial charge in [0.15, 0.2) is 11.3 Å². The van der Waals surface area contributed by atoms with E-state index in [-0.39, 0.29) is 48.6 Å². The number of rotatable bonds is 3. The van der Waals surface area contributed by atoms with Crippen molar-refractivity contribution in [2.75, 3.05) is 33.3 Å². The maximum absolute atomic E-state index is 14.0. The minimum atomic E-state index is -4.74.